The first-order valence-electron chi connectivity index (χ1n) is 6.38. The van der Waals surface area contributed by atoms with Crippen LogP contribution in [-0.4, -0.2) is 22.3 Å². The Bertz CT molecular complexity index is 592. The fourth-order valence-corrected chi connectivity index (χ4v) is 2.70. The normalized spacial score (nSPS) is 11.8. The van der Waals surface area contributed by atoms with Crippen molar-refractivity contribution in [2.75, 3.05) is 6.54 Å². The van der Waals surface area contributed by atoms with Crippen molar-refractivity contribution in [1.29, 1.82) is 0 Å². The second kappa shape index (κ2) is 6.16. The molecule has 0 saturated heterocycles. The Balaban J connectivity index is 2.07. The van der Waals surface area contributed by atoms with Gasteiger partial charge in [0.2, 0.25) is 0 Å². The molecule has 2 aromatic rings. The quantitative estimate of drug-likeness (QED) is 0.929. The van der Waals surface area contributed by atoms with Gasteiger partial charge in [-0.15, -0.1) is 10.2 Å². The second-order valence-corrected chi connectivity index (χ2v) is 7.05. The van der Waals surface area contributed by atoms with Crippen LogP contribution in [0.2, 0.25) is 5.02 Å². The van der Waals surface area contributed by atoms with Crippen molar-refractivity contribution in [3.8, 4) is 10.6 Å². The topological polar surface area (TPSA) is 37.8 Å². The molecular weight excluding hydrogens is 297 g/mol. The van der Waals surface area contributed by atoms with Crippen molar-refractivity contribution in [1.82, 2.24) is 15.5 Å². The highest BCUT2D eigenvalue weighted by atomic mass is 35.5. The number of rotatable bonds is 4. The van der Waals surface area contributed by atoms with Crippen LogP contribution >= 0.6 is 22.9 Å². The molecule has 1 heterocycles. The number of nitrogens with zero attached hydrogens (tertiary/aromatic N) is 2. The van der Waals surface area contributed by atoms with E-state index >= 15 is 0 Å². The summed E-state index contributed by atoms with van der Waals surface area (Å²) >= 11 is 7.29. The number of benzene rings is 1. The van der Waals surface area contributed by atoms with Gasteiger partial charge in [0, 0.05) is 29.1 Å². The summed E-state index contributed by atoms with van der Waals surface area (Å²) in [6, 6.07) is 4.45. The van der Waals surface area contributed by atoms with Gasteiger partial charge >= 0.3 is 0 Å². The molecule has 2 rings (SSSR count). The van der Waals surface area contributed by atoms with Crippen LogP contribution in [0.1, 0.15) is 25.8 Å². The lowest BCUT2D eigenvalue weighted by Crippen LogP contribution is -2.37. The molecule has 0 amide bonds. The summed E-state index contributed by atoms with van der Waals surface area (Å²) in [5.74, 6) is -0.329. The zero-order valence-corrected chi connectivity index (χ0v) is 13.3. The van der Waals surface area contributed by atoms with Crippen LogP contribution in [0.5, 0.6) is 0 Å². The lowest BCUT2D eigenvalue weighted by Gasteiger charge is -2.19. The summed E-state index contributed by atoms with van der Waals surface area (Å²) < 4.78 is 13.7. The fraction of sp³-hybridized carbons (Fsp3) is 0.429. The fourth-order valence-electron chi connectivity index (χ4n) is 1.67. The molecule has 3 nitrogen and oxygen atoms in total. The van der Waals surface area contributed by atoms with E-state index in [4.69, 9.17) is 11.6 Å². The van der Waals surface area contributed by atoms with E-state index in [1.165, 1.54) is 23.5 Å². The molecule has 6 heteroatoms. The lowest BCUT2D eigenvalue weighted by molar-refractivity contribution is 0.429. The average molecular weight is 314 g/mol. The van der Waals surface area contributed by atoms with Gasteiger partial charge in [-0.2, -0.15) is 0 Å². The van der Waals surface area contributed by atoms with Crippen LogP contribution in [0, 0.1) is 5.82 Å². The zero-order chi connectivity index (χ0) is 14.8. The maximum atomic E-state index is 13.7. The first kappa shape index (κ1) is 15.4. The number of halogens is 2. The van der Waals surface area contributed by atoms with Gasteiger partial charge in [-0.25, -0.2) is 4.39 Å². The molecule has 0 aliphatic rings. The van der Waals surface area contributed by atoms with E-state index in [9.17, 15) is 4.39 Å². The number of aromatic nitrogens is 2. The average Bonchev–Trinajstić information content (AvgIpc) is 2.79. The predicted molar refractivity (Wildman–Crippen MR) is 81.8 cm³/mol. The Hall–Kier alpha value is -1.04. The smallest absolute Gasteiger partial charge is 0.150 e. The molecule has 0 saturated carbocycles. The number of hydrogen-bond donors (Lipinski definition) is 1. The van der Waals surface area contributed by atoms with Gasteiger partial charge < -0.3 is 5.32 Å². The minimum absolute atomic E-state index is 0.0760. The minimum atomic E-state index is -0.329. The first-order valence-corrected chi connectivity index (χ1v) is 7.57. The third-order valence-electron chi connectivity index (χ3n) is 2.62. The summed E-state index contributed by atoms with van der Waals surface area (Å²) in [5, 5.41) is 13.5. The van der Waals surface area contributed by atoms with E-state index in [0.29, 0.717) is 15.6 Å². The molecule has 0 spiro atoms. The molecule has 0 atom stereocenters. The molecule has 0 bridgehead atoms. The van der Waals surface area contributed by atoms with Crippen LogP contribution in [0.3, 0.4) is 0 Å². The minimum Gasteiger partial charge on any atom is -0.312 e. The van der Waals surface area contributed by atoms with Crippen molar-refractivity contribution in [2.45, 2.75) is 32.7 Å². The van der Waals surface area contributed by atoms with Crippen LogP contribution in [0.4, 0.5) is 4.39 Å². The summed E-state index contributed by atoms with van der Waals surface area (Å²) in [4.78, 5) is 0. The van der Waals surface area contributed by atoms with E-state index < -0.39 is 0 Å². The molecule has 0 aliphatic heterocycles. The monoisotopic (exact) mass is 313 g/mol. The summed E-state index contributed by atoms with van der Waals surface area (Å²) in [5.41, 5.74) is 0.483. The molecule has 108 valence electrons. The van der Waals surface area contributed by atoms with E-state index in [2.05, 4.69) is 36.3 Å². The highest BCUT2D eigenvalue weighted by Gasteiger charge is 2.13. The number of nitrogens with one attached hydrogen (secondary N) is 1. The van der Waals surface area contributed by atoms with Crippen LogP contribution in [0.15, 0.2) is 18.2 Å². The van der Waals surface area contributed by atoms with E-state index in [0.717, 1.165) is 18.0 Å². The molecule has 0 fully saturated rings. The van der Waals surface area contributed by atoms with E-state index in [-0.39, 0.29) is 11.4 Å². The zero-order valence-electron chi connectivity index (χ0n) is 11.7. The predicted octanol–water partition coefficient (Wildman–Crippen LogP) is 3.93. The van der Waals surface area contributed by atoms with Crippen LogP contribution < -0.4 is 5.32 Å². The van der Waals surface area contributed by atoms with E-state index in [1.807, 2.05) is 0 Å². The van der Waals surface area contributed by atoms with Gasteiger partial charge in [-0.05, 0) is 39.0 Å². The van der Waals surface area contributed by atoms with Gasteiger partial charge in [0.1, 0.15) is 10.8 Å². The maximum Gasteiger partial charge on any atom is 0.150 e. The van der Waals surface area contributed by atoms with Crippen molar-refractivity contribution < 1.29 is 4.39 Å². The second-order valence-electron chi connectivity index (χ2n) is 5.55. The molecule has 0 unspecified atom stereocenters. The Morgan fingerprint density at radius 1 is 1.30 bits per heavy atom. The van der Waals surface area contributed by atoms with Crippen molar-refractivity contribution in [3.63, 3.8) is 0 Å². The Morgan fingerprint density at radius 2 is 2.05 bits per heavy atom. The highest BCUT2D eigenvalue weighted by molar-refractivity contribution is 7.14. The van der Waals surface area contributed by atoms with Crippen molar-refractivity contribution >= 4 is 22.9 Å². The number of hydrogen-bond acceptors (Lipinski definition) is 4. The lowest BCUT2D eigenvalue weighted by atomic mass is 10.1. The molecule has 20 heavy (non-hydrogen) atoms. The van der Waals surface area contributed by atoms with Crippen molar-refractivity contribution in [2.24, 2.45) is 0 Å². The Labute approximate surface area is 127 Å². The van der Waals surface area contributed by atoms with Gasteiger partial charge in [0.05, 0.1) is 0 Å². The third kappa shape index (κ3) is 4.23. The largest absolute Gasteiger partial charge is 0.312 e. The maximum absolute atomic E-state index is 13.7. The van der Waals surface area contributed by atoms with Gasteiger partial charge in [0.25, 0.3) is 0 Å². The summed E-state index contributed by atoms with van der Waals surface area (Å²) in [6.07, 6.45) is 0.775. The summed E-state index contributed by atoms with van der Waals surface area (Å²) in [6.45, 7) is 7.15. The van der Waals surface area contributed by atoms with Crippen LogP contribution in [-0.2, 0) is 6.42 Å². The SMILES string of the molecule is CC(C)(C)NCCc1nnc(-c2cc(Cl)ccc2F)s1. The van der Waals surface area contributed by atoms with Crippen molar-refractivity contribution in [3.05, 3.63) is 34.0 Å². The third-order valence-corrected chi connectivity index (χ3v) is 3.87. The molecule has 0 aliphatic carbocycles. The molecular formula is C14H17ClFN3S. The molecule has 1 N–H and O–H groups in total. The van der Waals surface area contributed by atoms with Gasteiger partial charge in [-0.1, -0.05) is 22.9 Å². The van der Waals surface area contributed by atoms with E-state index in [1.54, 1.807) is 6.07 Å². The van der Waals surface area contributed by atoms with Gasteiger partial charge in [-0.3, -0.25) is 0 Å². The summed E-state index contributed by atoms with van der Waals surface area (Å²) in [7, 11) is 0. The Kier molecular flexibility index (Phi) is 4.73. The molecule has 1 aromatic carbocycles. The highest BCUT2D eigenvalue weighted by Crippen LogP contribution is 2.28. The van der Waals surface area contributed by atoms with Crippen LogP contribution in [0.25, 0.3) is 10.6 Å². The molecule has 1 aromatic heterocycles. The van der Waals surface area contributed by atoms with Gasteiger partial charge in [0.15, 0.2) is 5.01 Å². The standard InChI is InChI=1S/C14H17ClFN3S/c1-14(2,3)17-7-6-12-18-19-13(20-12)10-8-9(15)4-5-11(10)16/h4-5,8,17H,6-7H2,1-3H3. The first-order chi connectivity index (χ1) is 9.35. The Morgan fingerprint density at radius 3 is 2.75 bits per heavy atom. The molecule has 0 radical (unpaired) electrons.